The van der Waals surface area contributed by atoms with Gasteiger partial charge in [0.2, 0.25) is 0 Å². The molecule has 2 fully saturated rings. The summed E-state index contributed by atoms with van der Waals surface area (Å²) in [6.45, 7) is 15.0. The van der Waals surface area contributed by atoms with Crippen LogP contribution >= 0.6 is 0 Å². The minimum Gasteiger partial charge on any atom is -0.389 e. The van der Waals surface area contributed by atoms with Crippen LogP contribution < -0.4 is 0 Å². The van der Waals surface area contributed by atoms with Crippen LogP contribution in [0.5, 0.6) is 0 Å². The zero-order chi connectivity index (χ0) is 16.4. The predicted octanol–water partition coefficient (Wildman–Crippen LogP) is 3.70. The normalized spacial score (nSPS) is 34.5. The van der Waals surface area contributed by atoms with Crippen molar-refractivity contribution in [3.8, 4) is 0 Å². The fourth-order valence-corrected chi connectivity index (χ4v) is 4.89. The number of ether oxygens (including phenoxy) is 1. The molecule has 2 aliphatic carbocycles. The van der Waals surface area contributed by atoms with Crippen LogP contribution in [0.3, 0.4) is 0 Å². The summed E-state index contributed by atoms with van der Waals surface area (Å²) in [5, 5.41) is 10.4. The van der Waals surface area contributed by atoms with Gasteiger partial charge in [-0.3, -0.25) is 0 Å². The second kappa shape index (κ2) is 7.19. The van der Waals surface area contributed by atoms with Gasteiger partial charge in [0.05, 0.1) is 18.8 Å². The van der Waals surface area contributed by atoms with E-state index >= 15 is 0 Å². The molecule has 2 rings (SSSR count). The van der Waals surface area contributed by atoms with Crippen molar-refractivity contribution in [3.05, 3.63) is 0 Å². The quantitative estimate of drug-likeness (QED) is 0.705. The van der Waals surface area contributed by atoms with Gasteiger partial charge in [-0.2, -0.15) is 0 Å². The summed E-state index contributed by atoms with van der Waals surface area (Å²) in [4.78, 5) is 2.36. The van der Waals surface area contributed by atoms with Crippen LogP contribution in [0.4, 0.5) is 0 Å². The monoisotopic (exact) mass is 311 g/mol. The average Bonchev–Trinajstić information content (AvgIpc) is 2.78. The number of hydrogen-bond donors (Lipinski definition) is 1. The van der Waals surface area contributed by atoms with Crippen molar-refractivity contribution in [2.24, 2.45) is 16.7 Å². The summed E-state index contributed by atoms with van der Waals surface area (Å²) in [6, 6.07) is 0. The van der Waals surface area contributed by atoms with E-state index in [0.29, 0.717) is 23.5 Å². The highest BCUT2D eigenvalue weighted by Crippen LogP contribution is 2.66. The SMILES string of the molecule is CCCN(CCC)C[C@@H](O)CO[C@@H]1C[C@H]2CC[C@@]1(C)C2(C)C. The third-order valence-electron chi connectivity index (χ3n) is 6.75. The number of aliphatic hydroxyl groups is 1. The summed E-state index contributed by atoms with van der Waals surface area (Å²) >= 11 is 0. The molecule has 0 radical (unpaired) electrons. The third-order valence-corrected chi connectivity index (χ3v) is 6.75. The molecule has 0 aromatic carbocycles. The molecule has 0 amide bonds. The van der Waals surface area contributed by atoms with Crippen molar-refractivity contribution in [3.63, 3.8) is 0 Å². The smallest absolute Gasteiger partial charge is 0.0900 e. The highest BCUT2D eigenvalue weighted by molar-refractivity contribution is 5.11. The van der Waals surface area contributed by atoms with E-state index in [4.69, 9.17) is 4.74 Å². The van der Waals surface area contributed by atoms with Gasteiger partial charge in [-0.25, -0.2) is 0 Å². The molecule has 4 atom stereocenters. The molecule has 2 aliphatic rings. The first-order valence-corrected chi connectivity index (χ1v) is 9.37. The van der Waals surface area contributed by atoms with E-state index in [1.807, 2.05) is 0 Å². The molecule has 0 saturated heterocycles. The maximum Gasteiger partial charge on any atom is 0.0900 e. The largest absolute Gasteiger partial charge is 0.389 e. The van der Waals surface area contributed by atoms with Crippen molar-refractivity contribution >= 4 is 0 Å². The molecule has 2 bridgehead atoms. The topological polar surface area (TPSA) is 32.7 Å². The summed E-state index contributed by atoms with van der Waals surface area (Å²) in [5.41, 5.74) is 0.684. The van der Waals surface area contributed by atoms with Crippen LogP contribution in [-0.4, -0.2) is 48.5 Å². The second-order valence-corrected chi connectivity index (χ2v) is 8.39. The number of nitrogens with zero attached hydrogens (tertiary/aromatic N) is 1. The first-order valence-electron chi connectivity index (χ1n) is 9.37. The maximum atomic E-state index is 10.4. The number of hydrogen-bond acceptors (Lipinski definition) is 3. The minimum absolute atomic E-state index is 0.296. The lowest BCUT2D eigenvalue weighted by Gasteiger charge is -2.39. The molecule has 0 heterocycles. The van der Waals surface area contributed by atoms with Crippen LogP contribution in [-0.2, 0) is 4.74 Å². The lowest BCUT2D eigenvalue weighted by Crippen LogP contribution is -2.41. The van der Waals surface area contributed by atoms with Gasteiger partial charge in [-0.05, 0) is 61.9 Å². The van der Waals surface area contributed by atoms with Crippen LogP contribution in [0.1, 0.15) is 66.7 Å². The molecule has 0 aliphatic heterocycles. The Kier molecular flexibility index (Phi) is 5.95. The highest BCUT2D eigenvalue weighted by atomic mass is 16.5. The molecule has 1 N–H and O–H groups in total. The van der Waals surface area contributed by atoms with Gasteiger partial charge in [0.25, 0.3) is 0 Å². The van der Waals surface area contributed by atoms with E-state index in [9.17, 15) is 5.11 Å². The second-order valence-electron chi connectivity index (χ2n) is 8.39. The first-order chi connectivity index (χ1) is 10.3. The van der Waals surface area contributed by atoms with Crippen molar-refractivity contribution in [2.75, 3.05) is 26.2 Å². The molecule has 3 nitrogen and oxygen atoms in total. The van der Waals surface area contributed by atoms with Crippen molar-refractivity contribution < 1.29 is 9.84 Å². The fourth-order valence-electron chi connectivity index (χ4n) is 4.89. The third kappa shape index (κ3) is 3.37. The van der Waals surface area contributed by atoms with Crippen molar-refractivity contribution in [1.82, 2.24) is 4.90 Å². The summed E-state index contributed by atoms with van der Waals surface area (Å²) in [5.74, 6) is 0.802. The molecule has 0 unspecified atom stereocenters. The lowest BCUT2D eigenvalue weighted by atomic mass is 9.70. The molecular formula is C19H37NO2. The number of rotatable bonds is 9. The molecule has 3 heteroatoms. The standard InChI is InChI=1S/C19H37NO2/c1-6-10-20(11-7-2)13-16(21)14-22-17-12-15-8-9-19(17,5)18(15,3)4/h15-17,21H,6-14H2,1-5H3/t15-,16-,17-,19-/m1/s1. The van der Waals surface area contributed by atoms with Crippen LogP contribution in [0, 0.1) is 16.7 Å². The predicted molar refractivity (Wildman–Crippen MR) is 92.0 cm³/mol. The Bertz CT molecular complexity index is 351. The van der Waals surface area contributed by atoms with E-state index < -0.39 is 0 Å². The zero-order valence-corrected chi connectivity index (χ0v) is 15.4. The fraction of sp³-hybridized carbons (Fsp3) is 1.00. The summed E-state index contributed by atoms with van der Waals surface area (Å²) in [7, 11) is 0. The molecule has 130 valence electrons. The first kappa shape index (κ1) is 18.2. The Hall–Kier alpha value is -0.120. The molecular weight excluding hydrogens is 274 g/mol. The summed E-state index contributed by atoms with van der Waals surface area (Å²) in [6.07, 6.45) is 6.08. The molecule has 0 aromatic heterocycles. The van der Waals surface area contributed by atoms with Crippen LogP contribution in [0.15, 0.2) is 0 Å². The van der Waals surface area contributed by atoms with Crippen LogP contribution in [0.2, 0.25) is 0 Å². The van der Waals surface area contributed by atoms with Crippen molar-refractivity contribution in [1.29, 1.82) is 0 Å². The average molecular weight is 312 g/mol. The summed E-state index contributed by atoms with van der Waals surface area (Å²) < 4.78 is 6.22. The lowest BCUT2D eigenvalue weighted by molar-refractivity contribution is -0.0793. The van der Waals surface area contributed by atoms with E-state index in [1.54, 1.807) is 0 Å². The van der Waals surface area contributed by atoms with E-state index in [-0.39, 0.29) is 6.10 Å². The van der Waals surface area contributed by atoms with Gasteiger partial charge in [0.15, 0.2) is 0 Å². The minimum atomic E-state index is -0.357. The van der Waals surface area contributed by atoms with Crippen LogP contribution in [0.25, 0.3) is 0 Å². The molecule has 0 aromatic rings. The Morgan fingerprint density at radius 3 is 2.27 bits per heavy atom. The van der Waals surface area contributed by atoms with E-state index in [1.165, 1.54) is 19.3 Å². The Morgan fingerprint density at radius 2 is 1.82 bits per heavy atom. The Labute approximate surface area is 137 Å². The maximum absolute atomic E-state index is 10.4. The van der Waals surface area contributed by atoms with Gasteiger partial charge in [0, 0.05) is 6.54 Å². The molecule has 0 spiro atoms. The van der Waals surface area contributed by atoms with Crippen molar-refractivity contribution in [2.45, 2.75) is 78.9 Å². The number of aliphatic hydroxyl groups excluding tert-OH is 1. The van der Waals surface area contributed by atoms with Gasteiger partial charge in [-0.15, -0.1) is 0 Å². The van der Waals surface area contributed by atoms with E-state index in [0.717, 1.165) is 38.4 Å². The highest BCUT2D eigenvalue weighted by Gasteiger charge is 2.61. The molecule has 2 saturated carbocycles. The number of fused-ring (bicyclic) bond motifs is 2. The van der Waals surface area contributed by atoms with Gasteiger partial charge in [0.1, 0.15) is 0 Å². The van der Waals surface area contributed by atoms with Gasteiger partial charge >= 0.3 is 0 Å². The van der Waals surface area contributed by atoms with Gasteiger partial charge in [-0.1, -0.05) is 34.6 Å². The Balaban J connectivity index is 1.81. The van der Waals surface area contributed by atoms with Gasteiger partial charge < -0.3 is 14.7 Å². The van der Waals surface area contributed by atoms with E-state index in [2.05, 4.69) is 39.5 Å². The Morgan fingerprint density at radius 1 is 1.18 bits per heavy atom. The molecule has 22 heavy (non-hydrogen) atoms. The zero-order valence-electron chi connectivity index (χ0n) is 15.4.